The van der Waals surface area contributed by atoms with Gasteiger partial charge in [0.2, 0.25) is 0 Å². The van der Waals surface area contributed by atoms with Gasteiger partial charge in [-0.15, -0.1) is 6.58 Å². The molecule has 0 fully saturated rings. The SMILES string of the molecule is C=CC(NP)C(=O)O. The zero-order valence-corrected chi connectivity index (χ0v) is 5.45. The van der Waals surface area contributed by atoms with Crippen molar-refractivity contribution in [2.24, 2.45) is 0 Å². The lowest BCUT2D eigenvalue weighted by Crippen LogP contribution is -2.27. The highest BCUT2D eigenvalue weighted by atomic mass is 31.0. The van der Waals surface area contributed by atoms with Gasteiger partial charge < -0.3 is 5.11 Å². The minimum Gasteiger partial charge on any atom is -0.480 e. The molecular weight excluding hydrogens is 125 g/mol. The van der Waals surface area contributed by atoms with Crippen LogP contribution in [0.2, 0.25) is 0 Å². The third-order valence-electron chi connectivity index (χ3n) is 0.681. The molecule has 0 spiro atoms. The average molecular weight is 133 g/mol. The third-order valence-corrected chi connectivity index (χ3v) is 1.04. The van der Waals surface area contributed by atoms with Gasteiger partial charge in [0.05, 0.1) is 0 Å². The minimum absolute atomic E-state index is 0.653. The van der Waals surface area contributed by atoms with Crippen LogP contribution in [0.3, 0.4) is 0 Å². The fourth-order valence-corrected chi connectivity index (χ4v) is 0.519. The Labute approximate surface area is 50.0 Å². The molecule has 4 heteroatoms. The molecule has 0 bridgehead atoms. The summed E-state index contributed by atoms with van der Waals surface area (Å²) in [5, 5.41) is 10.7. The van der Waals surface area contributed by atoms with E-state index < -0.39 is 12.0 Å². The van der Waals surface area contributed by atoms with Gasteiger partial charge >= 0.3 is 5.97 Å². The Morgan fingerprint density at radius 1 is 2.00 bits per heavy atom. The molecule has 2 N–H and O–H groups in total. The predicted octanol–water partition coefficient (Wildman–Crippen LogP) is 0.00530. The van der Waals surface area contributed by atoms with Crippen LogP contribution < -0.4 is 5.09 Å². The van der Waals surface area contributed by atoms with E-state index in [2.05, 4.69) is 21.1 Å². The first-order chi connectivity index (χ1) is 3.72. The maximum atomic E-state index is 10.0. The Morgan fingerprint density at radius 3 is 2.50 bits per heavy atom. The van der Waals surface area contributed by atoms with E-state index in [9.17, 15) is 4.79 Å². The van der Waals surface area contributed by atoms with E-state index in [0.717, 1.165) is 0 Å². The quantitative estimate of drug-likeness (QED) is 0.421. The molecule has 0 aliphatic rings. The van der Waals surface area contributed by atoms with Gasteiger partial charge in [0.15, 0.2) is 0 Å². The molecule has 2 atom stereocenters. The zero-order valence-electron chi connectivity index (χ0n) is 4.29. The van der Waals surface area contributed by atoms with Crippen LogP contribution in [0.4, 0.5) is 0 Å². The maximum absolute atomic E-state index is 10.0. The molecule has 0 aliphatic heterocycles. The topological polar surface area (TPSA) is 49.3 Å². The first-order valence-corrected chi connectivity index (χ1v) is 2.61. The molecule has 0 aromatic carbocycles. The number of nitrogens with one attached hydrogen (secondary N) is 1. The molecular formula is C4H8NO2P. The highest BCUT2D eigenvalue weighted by Gasteiger charge is 2.07. The van der Waals surface area contributed by atoms with Crippen LogP contribution in [0.5, 0.6) is 0 Å². The largest absolute Gasteiger partial charge is 0.480 e. The molecule has 2 unspecified atom stereocenters. The number of carboxylic acids is 1. The van der Waals surface area contributed by atoms with Crippen molar-refractivity contribution in [1.29, 1.82) is 0 Å². The monoisotopic (exact) mass is 133 g/mol. The lowest BCUT2D eigenvalue weighted by molar-refractivity contribution is -0.137. The van der Waals surface area contributed by atoms with Crippen molar-refractivity contribution >= 4 is 15.4 Å². The van der Waals surface area contributed by atoms with E-state index in [4.69, 9.17) is 5.11 Å². The van der Waals surface area contributed by atoms with Crippen molar-refractivity contribution in [2.75, 3.05) is 0 Å². The van der Waals surface area contributed by atoms with E-state index in [1.165, 1.54) is 6.08 Å². The lowest BCUT2D eigenvalue weighted by Gasteiger charge is -2.01. The van der Waals surface area contributed by atoms with Gasteiger partial charge in [0.1, 0.15) is 6.04 Å². The summed E-state index contributed by atoms with van der Waals surface area (Å²) in [5.41, 5.74) is 0. The Balaban J connectivity index is 3.69. The second-order valence-electron chi connectivity index (χ2n) is 1.22. The van der Waals surface area contributed by atoms with Gasteiger partial charge in [-0.05, 0) is 0 Å². The molecule has 8 heavy (non-hydrogen) atoms. The van der Waals surface area contributed by atoms with E-state index >= 15 is 0 Å². The number of hydrogen-bond acceptors (Lipinski definition) is 2. The summed E-state index contributed by atoms with van der Waals surface area (Å²) in [5.74, 6) is -0.921. The average Bonchev–Trinajstić information content (AvgIpc) is 1.69. The highest BCUT2D eigenvalue weighted by Crippen LogP contribution is 1.86. The molecule has 0 aliphatic carbocycles. The van der Waals surface area contributed by atoms with Crippen LogP contribution in [-0.2, 0) is 4.79 Å². The van der Waals surface area contributed by atoms with E-state index in [0.29, 0.717) is 0 Å². The van der Waals surface area contributed by atoms with Gasteiger partial charge in [-0.3, -0.25) is 9.88 Å². The number of carbonyl (C=O) groups is 1. The van der Waals surface area contributed by atoms with Crippen molar-refractivity contribution in [1.82, 2.24) is 5.09 Å². The normalized spacial score (nSPS) is 12.6. The zero-order chi connectivity index (χ0) is 6.57. The molecule has 0 aromatic rings. The van der Waals surface area contributed by atoms with Crippen LogP contribution in [0, 0.1) is 0 Å². The number of hydrogen-bond donors (Lipinski definition) is 2. The first-order valence-electron chi connectivity index (χ1n) is 2.04. The molecule has 0 radical (unpaired) electrons. The number of aliphatic carboxylic acids is 1. The van der Waals surface area contributed by atoms with Crippen LogP contribution in [-0.4, -0.2) is 17.1 Å². The number of carboxylic acid groups (broad SMARTS) is 1. The van der Waals surface area contributed by atoms with Gasteiger partial charge in [-0.2, -0.15) is 0 Å². The molecule has 46 valence electrons. The Bertz CT molecular complexity index is 104. The van der Waals surface area contributed by atoms with E-state index in [1.54, 1.807) is 0 Å². The molecule has 0 saturated carbocycles. The molecule has 0 aromatic heterocycles. The van der Waals surface area contributed by atoms with Crippen LogP contribution in [0.15, 0.2) is 12.7 Å². The Hall–Kier alpha value is -0.400. The molecule has 0 saturated heterocycles. The van der Waals surface area contributed by atoms with E-state index in [1.807, 2.05) is 0 Å². The van der Waals surface area contributed by atoms with Gasteiger partial charge in [0.25, 0.3) is 0 Å². The third kappa shape index (κ3) is 2.05. The van der Waals surface area contributed by atoms with Gasteiger partial charge in [0, 0.05) is 0 Å². The number of rotatable bonds is 3. The minimum atomic E-state index is -0.921. The van der Waals surface area contributed by atoms with Crippen LogP contribution in [0.25, 0.3) is 0 Å². The highest BCUT2D eigenvalue weighted by molar-refractivity contribution is 7.13. The van der Waals surface area contributed by atoms with Gasteiger partial charge in [-0.25, -0.2) is 0 Å². The summed E-state index contributed by atoms with van der Waals surface area (Å²) in [4.78, 5) is 10.0. The molecule has 0 amide bonds. The lowest BCUT2D eigenvalue weighted by atomic mass is 10.3. The predicted molar refractivity (Wildman–Crippen MR) is 34.5 cm³/mol. The molecule has 0 rings (SSSR count). The summed E-state index contributed by atoms with van der Waals surface area (Å²) in [6, 6.07) is -0.653. The van der Waals surface area contributed by atoms with Crippen molar-refractivity contribution in [3.8, 4) is 0 Å². The summed E-state index contributed by atoms with van der Waals surface area (Å²) >= 11 is 0. The summed E-state index contributed by atoms with van der Waals surface area (Å²) in [6.45, 7) is 3.30. The maximum Gasteiger partial charge on any atom is 0.324 e. The fraction of sp³-hybridized carbons (Fsp3) is 0.250. The second-order valence-corrected chi connectivity index (χ2v) is 1.55. The van der Waals surface area contributed by atoms with Crippen molar-refractivity contribution in [2.45, 2.75) is 6.04 Å². The Kier molecular flexibility index (Phi) is 3.40. The standard InChI is InChI=1S/C4H8NO2P/c1-2-3(5-8)4(6)7/h2-3,5H,1,8H2,(H,6,7). The van der Waals surface area contributed by atoms with Crippen molar-refractivity contribution < 1.29 is 9.90 Å². The fourth-order valence-electron chi connectivity index (χ4n) is 0.240. The Morgan fingerprint density at radius 2 is 2.50 bits per heavy atom. The van der Waals surface area contributed by atoms with Crippen LogP contribution >= 0.6 is 9.39 Å². The van der Waals surface area contributed by atoms with E-state index in [-0.39, 0.29) is 0 Å². The first kappa shape index (κ1) is 7.60. The smallest absolute Gasteiger partial charge is 0.324 e. The van der Waals surface area contributed by atoms with Crippen molar-refractivity contribution in [3.05, 3.63) is 12.7 Å². The molecule has 3 nitrogen and oxygen atoms in total. The molecule has 0 heterocycles. The van der Waals surface area contributed by atoms with Crippen LogP contribution in [0.1, 0.15) is 0 Å². The van der Waals surface area contributed by atoms with Gasteiger partial charge in [-0.1, -0.05) is 15.5 Å². The summed E-state index contributed by atoms with van der Waals surface area (Å²) in [6.07, 6.45) is 1.31. The van der Waals surface area contributed by atoms with Crippen molar-refractivity contribution in [3.63, 3.8) is 0 Å². The summed E-state index contributed by atoms with van der Waals surface area (Å²) in [7, 11) is 2.11. The summed E-state index contributed by atoms with van der Waals surface area (Å²) < 4.78 is 0. The second kappa shape index (κ2) is 3.58.